The third-order valence-electron chi connectivity index (χ3n) is 18.5. The van der Waals surface area contributed by atoms with Gasteiger partial charge in [0.2, 0.25) is 0 Å². The number of hydrogen-bond acceptors (Lipinski definition) is 4. The van der Waals surface area contributed by atoms with Crippen LogP contribution in [0.4, 0.5) is 34.1 Å². The first-order valence-corrected chi connectivity index (χ1v) is 29.8. The molecule has 408 valence electrons. The maximum atomic E-state index is 10.1. The van der Waals surface area contributed by atoms with Gasteiger partial charge in [0.15, 0.2) is 0 Å². The van der Waals surface area contributed by atoms with E-state index in [1.165, 1.54) is 66.8 Å². The molecule has 0 N–H and O–H groups in total. The molecule has 0 spiro atoms. The van der Waals surface area contributed by atoms with Crippen LogP contribution in [0.25, 0.3) is 44.2 Å². The van der Waals surface area contributed by atoms with E-state index in [2.05, 4.69) is 312 Å². The van der Waals surface area contributed by atoms with Crippen LogP contribution in [0, 0.1) is 22.7 Å². The number of nitrogens with zero attached hydrogens (tertiary/aromatic N) is 5. The summed E-state index contributed by atoms with van der Waals surface area (Å²) in [6, 6.07) is 112. The molecule has 87 heavy (non-hydrogen) atoms. The van der Waals surface area contributed by atoms with Crippen molar-refractivity contribution in [3.63, 3.8) is 0 Å². The Morgan fingerprint density at radius 1 is 0.345 bits per heavy atom. The van der Waals surface area contributed by atoms with Gasteiger partial charge in [-0.25, -0.2) is 0 Å². The molecule has 1 aromatic heterocycles. The Balaban J connectivity index is 0.924. The zero-order chi connectivity index (χ0) is 58.1. The number of fused-ring (bicyclic) bond motifs is 8. The lowest BCUT2D eigenvalue weighted by atomic mass is 9.66. The number of hydrogen-bond donors (Lipinski definition) is 0. The van der Waals surface area contributed by atoms with Crippen LogP contribution in [0.2, 0.25) is 0 Å². The van der Waals surface area contributed by atoms with E-state index in [-0.39, 0.29) is 0 Å². The van der Waals surface area contributed by atoms with Gasteiger partial charge in [-0.3, -0.25) is 0 Å². The Labute approximate surface area is 506 Å². The van der Waals surface area contributed by atoms with Crippen LogP contribution in [0.15, 0.2) is 315 Å². The molecule has 12 aromatic carbocycles. The van der Waals surface area contributed by atoms with E-state index >= 15 is 0 Å². The van der Waals surface area contributed by atoms with E-state index in [4.69, 9.17) is 0 Å². The number of benzene rings is 12. The second-order valence-corrected chi connectivity index (χ2v) is 22.9. The lowest BCUT2D eigenvalue weighted by Crippen LogP contribution is -2.29. The van der Waals surface area contributed by atoms with E-state index in [1.54, 1.807) is 0 Å². The molecule has 0 amide bonds. The van der Waals surface area contributed by atoms with Gasteiger partial charge in [-0.15, -0.1) is 0 Å². The Morgan fingerprint density at radius 2 is 0.736 bits per heavy atom. The molecule has 0 bridgehead atoms. The Morgan fingerprint density at radius 3 is 1.23 bits per heavy atom. The predicted molar refractivity (Wildman–Crippen MR) is 355 cm³/mol. The molecule has 0 fully saturated rings. The first-order valence-electron chi connectivity index (χ1n) is 29.8. The fourth-order valence-corrected chi connectivity index (χ4v) is 14.8. The number of nitriles is 2. The van der Waals surface area contributed by atoms with Gasteiger partial charge in [0, 0.05) is 50.6 Å². The highest BCUT2D eigenvalue weighted by atomic mass is 15.2. The summed E-state index contributed by atoms with van der Waals surface area (Å²) in [6.45, 7) is 0. The van der Waals surface area contributed by atoms with E-state index in [0.29, 0.717) is 11.1 Å². The predicted octanol–water partition coefficient (Wildman–Crippen LogP) is 20.3. The number of para-hydroxylation sites is 1. The van der Waals surface area contributed by atoms with E-state index in [1.807, 2.05) is 24.3 Å². The highest BCUT2D eigenvalue weighted by molar-refractivity contribution is 6.12. The zero-order valence-corrected chi connectivity index (χ0v) is 47.6. The summed E-state index contributed by atoms with van der Waals surface area (Å²) < 4.78 is 2.38. The Kier molecular flexibility index (Phi) is 12.2. The third-order valence-corrected chi connectivity index (χ3v) is 18.5. The summed E-state index contributed by atoms with van der Waals surface area (Å²) in [5.41, 5.74) is 24.0. The first kappa shape index (κ1) is 51.2. The number of rotatable bonds is 11. The smallest absolute Gasteiger partial charge is 0.0991 e. The standard InChI is InChI=1S/C82H55N5/c83-54-56-34-38-63(39-35-56)85(67-42-46-71-69-30-16-18-32-75(69)81(77(71)52-67,58-20-6-1-7-21-58)59-22-8-2-9-23-59)65-44-48-79-73(50-65)74-51-66(45-49-80(74)87(79)62-28-14-5-15-29-62)86(64-40-36-57(55-84)37-41-64)68-43-47-72-70-31-17-19-33-76(70)82(78(72)53-68,60-24-10-3-11-25-60)61-26-12-4-13-27-61/h1-16,18-30,32-53H,17,31H2. The molecule has 5 nitrogen and oxygen atoms in total. The maximum Gasteiger partial charge on any atom is 0.0991 e. The molecular formula is C82H55N5. The Bertz CT molecular complexity index is 4890. The lowest BCUT2D eigenvalue weighted by molar-refractivity contribution is 0.756. The average molecular weight is 1110 g/mol. The zero-order valence-electron chi connectivity index (χ0n) is 47.6. The van der Waals surface area contributed by atoms with Crippen molar-refractivity contribution >= 4 is 61.5 Å². The molecule has 0 saturated heterocycles. The minimum Gasteiger partial charge on any atom is -0.310 e. The number of aromatic nitrogens is 1. The molecule has 0 atom stereocenters. The molecule has 0 radical (unpaired) electrons. The molecule has 3 aliphatic carbocycles. The summed E-state index contributed by atoms with van der Waals surface area (Å²) in [7, 11) is 0. The Hall–Kier alpha value is -11.5. The van der Waals surface area contributed by atoms with Crippen LogP contribution in [-0.4, -0.2) is 4.57 Å². The molecule has 0 unspecified atom stereocenters. The molecule has 16 rings (SSSR count). The van der Waals surface area contributed by atoms with Crippen molar-refractivity contribution in [1.82, 2.24) is 4.57 Å². The van der Waals surface area contributed by atoms with Crippen molar-refractivity contribution in [3.8, 4) is 29.0 Å². The van der Waals surface area contributed by atoms with Crippen LogP contribution in [0.5, 0.6) is 0 Å². The molecule has 3 aliphatic rings. The van der Waals surface area contributed by atoms with Crippen molar-refractivity contribution in [3.05, 3.63) is 371 Å². The van der Waals surface area contributed by atoms with Gasteiger partial charge < -0.3 is 14.4 Å². The van der Waals surface area contributed by atoms with Crippen molar-refractivity contribution in [2.45, 2.75) is 23.7 Å². The lowest BCUT2D eigenvalue weighted by Gasteiger charge is -2.36. The first-order chi connectivity index (χ1) is 43.1. The van der Waals surface area contributed by atoms with Gasteiger partial charge in [-0.05, 0) is 201 Å². The molecule has 0 aliphatic heterocycles. The quantitative estimate of drug-likeness (QED) is 0.129. The van der Waals surface area contributed by atoms with Crippen LogP contribution in [-0.2, 0) is 10.8 Å². The van der Waals surface area contributed by atoms with E-state index < -0.39 is 10.8 Å². The summed E-state index contributed by atoms with van der Waals surface area (Å²) in [5.74, 6) is 0. The monoisotopic (exact) mass is 1110 g/mol. The van der Waals surface area contributed by atoms with Gasteiger partial charge in [-0.1, -0.05) is 188 Å². The largest absolute Gasteiger partial charge is 0.310 e. The SMILES string of the molecule is N#Cc1ccc(N(c2ccc3c(c2)C(c2ccccc2)(c2ccccc2)C2=C3CCC=C2)c2ccc3c(c2)c2cc(N(c4ccc(C#N)cc4)c4ccc5c(c4)C(c4ccccc4)(c4ccccc4)c4ccccc4-5)ccc2n3-c2ccccc2)cc1. The van der Waals surface area contributed by atoms with Crippen molar-refractivity contribution in [2.75, 3.05) is 9.80 Å². The summed E-state index contributed by atoms with van der Waals surface area (Å²) >= 11 is 0. The molecule has 13 aromatic rings. The molecular weight excluding hydrogens is 1050 g/mol. The van der Waals surface area contributed by atoms with Crippen molar-refractivity contribution in [2.24, 2.45) is 0 Å². The van der Waals surface area contributed by atoms with Gasteiger partial charge >= 0.3 is 0 Å². The number of anilines is 6. The molecule has 1 heterocycles. The second kappa shape index (κ2) is 20.7. The van der Waals surface area contributed by atoms with Crippen molar-refractivity contribution in [1.29, 1.82) is 10.5 Å². The topological polar surface area (TPSA) is 59.0 Å². The molecule has 0 saturated carbocycles. The van der Waals surface area contributed by atoms with Gasteiger partial charge in [0.05, 0.1) is 45.1 Å². The van der Waals surface area contributed by atoms with Crippen LogP contribution >= 0.6 is 0 Å². The van der Waals surface area contributed by atoms with Crippen LogP contribution in [0.3, 0.4) is 0 Å². The van der Waals surface area contributed by atoms with E-state index in [9.17, 15) is 10.5 Å². The van der Waals surface area contributed by atoms with Crippen LogP contribution in [0.1, 0.15) is 68.5 Å². The summed E-state index contributed by atoms with van der Waals surface area (Å²) in [6.07, 6.45) is 6.69. The summed E-state index contributed by atoms with van der Waals surface area (Å²) in [4.78, 5) is 4.71. The fourth-order valence-electron chi connectivity index (χ4n) is 14.8. The second-order valence-electron chi connectivity index (χ2n) is 22.9. The maximum absolute atomic E-state index is 10.1. The van der Waals surface area contributed by atoms with Crippen LogP contribution < -0.4 is 9.80 Å². The average Bonchev–Trinajstić information content (AvgIpc) is 1.62. The molecule has 5 heteroatoms. The highest BCUT2D eigenvalue weighted by Gasteiger charge is 2.48. The highest BCUT2D eigenvalue weighted by Crippen LogP contribution is 2.60. The van der Waals surface area contributed by atoms with Crippen molar-refractivity contribution < 1.29 is 0 Å². The minimum atomic E-state index is -0.610. The van der Waals surface area contributed by atoms with Gasteiger partial charge in [-0.2, -0.15) is 10.5 Å². The summed E-state index contributed by atoms with van der Waals surface area (Å²) in [5, 5.41) is 22.4. The minimum absolute atomic E-state index is 0.561. The number of allylic oxidation sites excluding steroid dienone is 4. The normalized spacial score (nSPS) is 14.0. The third kappa shape index (κ3) is 7.91. The van der Waals surface area contributed by atoms with Gasteiger partial charge in [0.25, 0.3) is 0 Å². The fraction of sp³-hybridized carbons (Fsp3) is 0.0488. The van der Waals surface area contributed by atoms with E-state index in [0.717, 1.165) is 74.5 Å². The van der Waals surface area contributed by atoms with Gasteiger partial charge in [0.1, 0.15) is 0 Å².